The van der Waals surface area contributed by atoms with E-state index in [2.05, 4.69) is 13.8 Å². The Bertz CT molecular complexity index is 1200. The molecule has 0 bridgehead atoms. The number of thioether (sulfide) groups is 1. The van der Waals surface area contributed by atoms with Crippen molar-refractivity contribution in [1.82, 2.24) is 14.7 Å². The highest BCUT2D eigenvalue weighted by Crippen LogP contribution is 2.36. The minimum absolute atomic E-state index is 0.0110. The Labute approximate surface area is 217 Å². The second-order valence-electron chi connectivity index (χ2n) is 8.65. The molecule has 1 fully saturated rings. The standard InChI is InChI=1S/C28H31N3O2S2/c1-4-6-10-20(5-2)18-30-27(32)25(35-28(30)34)17-22-19-31(23-11-8-7-9-12-23)29-26(22)21-13-15-24(33-3)16-14-21/h7-9,11-17,19-20H,4-6,10,18H2,1-3H3/b25-17-/t20-/m1/s1. The van der Waals surface area contributed by atoms with Crippen LogP contribution >= 0.6 is 24.0 Å². The fraction of sp³-hybridized carbons (Fsp3) is 0.321. The zero-order chi connectivity index (χ0) is 24.8. The van der Waals surface area contributed by atoms with E-state index in [0.29, 0.717) is 21.7 Å². The Morgan fingerprint density at radius 1 is 1.11 bits per heavy atom. The third kappa shape index (κ3) is 5.85. The Kier molecular flexibility index (Phi) is 8.42. The molecule has 1 aliphatic rings. The Morgan fingerprint density at radius 3 is 2.51 bits per heavy atom. The molecule has 0 N–H and O–H groups in total. The van der Waals surface area contributed by atoms with E-state index in [1.165, 1.54) is 18.2 Å². The molecule has 0 radical (unpaired) electrons. The number of nitrogens with zero attached hydrogens (tertiary/aromatic N) is 3. The number of methoxy groups -OCH3 is 1. The summed E-state index contributed by atoms with van der Waals surface area (Å²) in [5, 5.41) is 4.87. The number of thiocarbonyl (C=S) groups is 1. The van der Waals surface area contributed by atoms with Gasteiger partial charge in [0.25, 0.3) is 5.91 Å². The number of aromatic nitrogens is 2. The summed E-state index contributed by atoms with van der Waals surface area (Å²) in [6.45, 7) is 5.07. The number of hydrogen-bond donors (Lipinski definition) is 0. The van der Waals surface area contributed by atoms with Gasteiger partial charge in [0.05, 0.1) is 23.4 Å². The van der Waals surface area contributed by atoms with Crippen molar-refractivity contribution in [3.63, 3.8) is 0 Å². The lowest BCUT2D eigenvalue weighted by atomic mass is 9.99. The molecule has 7 heteroatoms. The van der Waals surface area contributed by atoms with Gasteiger partial charge in [0.15, 0.2) is 0 Å². The number of rotatable bonds is 10. The molecule has 0 aliphatic carbocycles. The average Bonchev–Trinajstić information content (AvgIpc) is 3.43. The van der Waals surface area contributed by atoms with Crippen molar-refractivity contribution in [1.29, 1.82) is 0 Å². The van der Waals surface area contributed by atoms with Gasteiger partial charge in [-0.3, -0.25) is 9.69 Å². The number of hydrogen-bond acceptors (Lipinski definition) is 5. The normalized spacial score (nSPS) is 15.7. The van der Waals surface area contributed by atoms with Gasteiger partial charge in [-0.25, -0.2) is 4.68 Å². The van der Waals surface area contributed by atoms with Crippen LogP contribution in [0.15, 0.2) is 65.7 Å². The third-order valence-electron chi connectivity index (χ3n) is 6.27. The Hall–Kier alpha value is -2.90. The number of unbranched alkanes of at least 4 members (excludes halogenated alkanes) is 1. The van der Waals surface area contributed by atoms with E-state index in [0.717, 1.165) is 47.5 Å². The summed E-state index contributed by atoms with van der Waals surface area (Å²) in [4.78, 5) is 15.8. The van der Waals surface area contributed by atoms with E-state index in [1.807, 2.05) is 71.6 Å². The van der Waals surface area contributed by atoms with Crippen LogP contribution in [-0.2, 0) is 4.79 Å². The van der Waals surface area contributed by atoms with Crippen molar-refractivity contribution in [2.24, 2.45) is 5.92 Å². The van der Waals surface area contributed by atoms with Crippen LogP contribution in [0.3, 0.4) is 0 Å². The van der Waals surface area contributed by atoms with Gasteiger partial charge in [-0.2, -0.15) is 5.10 Å². The highest BCUT2D eigenvalue weighted by atomic mass is 32.2. The minimum Gasteiger partial charge on any atom is -0.497 e. The second kappa shape index (κ2) is 11.7. The molecule has 182 valence electrons. The van der Waals surface area contributed by atoms with E-state index >= 15 is 0 Å². The number of benzene rings is 2. The van der Waals surface area contributed by atoms with Gasteiger partial charge in [-0.05, 0) is 54.8 Å². The van der Waals surface area contributed by atoms with E-state index in [1.54, 1.807) is 12.0 Å². The predicted octanol–water partition coefficient (Wildman–Crippen LogP) is 6.97. The topological polar surface area (TPSA) is 47.4 Å². The second-order valence-corrected chi connectivity index (χ2v) is 10.3. The summed E-state index contributed by atoms with van der Waals surface area (Å²) in [5.41, 5.74) is 3.58. The van der Waals surface area contributed by atoms with Gasteiger partial charge in [0.1, 0.15) is 10.1 Å². The van der Waals surface area contributed by atoms with Crippen molar-refractivity contribution < 1.29 is 9.53 Å². The molecule has 2 heterocycles. The van der Waals surface area contributed by atoms with Crippen molar-refractivity contribution in [3.8, 4) is 22.7 Å². The Balaban J connectivity index is 1.67. The molecule has 3 aromatic rings. The van der Waals surface area contributed by atoms with Crippen molar-refractivity contribution in [3.05, 3.63) is 71.3 Å². The number of amides is 1. The largest absolute Gasteiger partial charge is 0.497 e. The van der Waals surface area contributed by atoms with Crippen LogP contribution in [0.5, 0.6) is 5.75 Å². The first-order valence-corrected chi connectivity index (χ1v) is 13.3. The van der Waals surface area contributed by atoms with Crippen molar-refractivity contribution in [2.75, 3.05) is 13.7 Å². The Morgan fingerprint density at radius 2 is 1.86 bits per heavy atom. The van der Waals surface area contributed by atoms with E-state index in [9.17, 15) is 4.79 Å². The lowest BCUT2D eigenvalue weighted by Gasteiger charge is -2.21. The first-order valence-electron chi connectivity index (χ1n) is 12.1. The summed E-state index contributed by atoms with van der Waals surface area (Å²) < 4.78 is 7.80. The third-order valence-corrected chi connectivity index (χ3v) is 7.65. The lowest BCUT2D eigenvalue weighted by Crippen LogP contribution is -2.33. The quantitative estimate of drug-likeness (QED) is 0.220. The van der Waals surface area contributed by atoms with Gasteiger partial charge >= 0.3 is 0 Å². The lowest BCUT2D eigenvalue weighted by molar-refractivity contribution is -0.122. The molecule has 5 nitrogen and oxygen atoms in total. The van der Waals surface area contributed by atoms with Crippen molar-refractivity contribution in [2.45, 2.75) is 39.5 Å². The summed E-state index contributed by atoms with van der Waals surface area (Å²) >= 11 is 7.00. The van der Waals surface area contributed by atoms with E-state index in [4.69, 9.17) is 22.1 Å². The van der Waals surface area contributed by atoms with Crippen LogP contribution in [-0.4, -0.2) is 38.6 Å². The number of ether oxygens (including phenoxy) is 1. The predicted molar refractivity (Wildman–Crippen MR) is 149 cm³/mol. The summed E-state index contributed by atoms with van der Waals surface area (Å²) in [6.07, 6.45) is 8.40. The molecule has 35 heavy (non-hydrogen) atoms. The van der Waals surface area contributed by atoms with Crippen LogP contribution in [0.25, 0.3) is 23.0 Å². The molecule has 1 aliphatic heterocycles. The van der Waals surface area contributed by atoms with Crippen LogP contribution in [0, 0.1) is 5.92 Å². The highest BCUT2D eigenvalue weighted by Gasteiger charge is 2.33. The van der Waals surface area contributed by atoms with Crippen LogP contribution in [0.1, 0.15) is 45.1 Å². The smallest absolute Gasteiger partial charge is 0.266 e. The first-order chi connectivity index (χ1) is 17.0. The summed E-state index contributed by atoms with van der Waals surface area (Å²) in [5.74, 6) is 1.24. The summed E-state index contributed by atoms with van der Waals surface area (Å²) in [7, 11) is 1.65. The van der Waals surface area contributed by atoms with Gasteiger partial charge < -0.3 is 4.74 Å². The molecule has 2 aromatic carbocycles. The average molecular weight is 506 g/mol. The molecule has 1 atom stereocenters. The van der Waals surface area contributed by atoms with Crippen LogP contribution in [0.4, 0.5) is 0 Å². The molecule has 0 unspecified atom stereocenters. The fourth-order valence-corrected chi connectivity index (χ4v) is 5.42. The molecule has 1 saturated heterocycles. The summed E-state index contributed by atoms with van der Waals surface area (Å²) in [6, 6.07) is 17.8. The molecule has 1 aromatic heterocycles. The van der Waals surface area contributed by atoms with E-state index < -0.39 is 0 Å². The highest BCUT2D eigenvalue weighted by molar-refractivity contribution is 8.26. The number of carbonyl (C=O) groups excluding carboxylic acids is 1. The van der Waals surface area contributed by atoms with Gasteiger partial charge in [0.2, 0.25) is 0 Å². The maximum absolute atomic E-state index is 13.4. The minimum atomic E-state index is -0.0110. The maximum atomic E-state index is 13.4. The zero-order valence-corrected chi connectivity index (χ0v) is 22.1. The van der Waals surface area contributed by atoms with Gasteiger partial charge in [-0.1, -0.05) is 75.3 Å². The van der Waals surface area contributed by atoms with Gasteiger partial charge in [0, 0.05) is 23.9 Å². The molecular weight excluding hydrogens is 474 g/mol. The van der Waals surface area contributed by atoms with Crippen LogP contribution < -0.4 is 4.74 Å². The zero-order valence-electron chi connectivity index (χ0n) is 20.4. The van der Waals surface area contributed by atoms with Gasteiger partial charge in [-0.15, -0.1) is 0 Å². The molecular formula is C28H31N3O2S2. The maximum Gasteiger partial charge on any atom is 0.266 e. The molecule has 0 saturated carbocycles. The SMILES string of the molecule is CCCC[C@@H](CC)CN1C(=O)/C(=C/c2cn(-c3ccccc3)nc2-c2ccc(OC)cc2)SC1=S. The number of carbonyl (C=O) groups is 1. The number of para-hydroxylation sites is 1. The first kappa shape index (κ1) is 25.2. The molecule has 1 amide bonds. The molecule has 0 spiro atoms. The molecule has 4 rings (SSSR count). The van der Waals surface area contributed by atoms with E-state index in [-0.39, 0.29) is 5.91 Å². The fourth-order valence-electron chi connectivity index (χ4n) is 4.15. The van der Waals surface area contributed by atoms with Crippen molar-refractivity contribution >= 4 is 40.3 Å². The van der Waals surface area contributed by atoms with Crippen LogP contribution in [0.2, 0.25) is 0 Å². The monoisotopic (exact) mass is 505 g/mol.